The van der Waals surface area contributed by atoms with Crippen molar-refractivity contribution in [3.63, 3.8) is 0 Å². The molecule has 0 fully saturated rings. The molecular weight excluding hydrogens is 217 g/mol. The number of fused-ring (bicyclic) bond motifs is 1. The fourth-order valence-corrected chi connectivity index (χ4v) is 2.62. The summed E-state index contributed by atoms with van der Waals surface area (Å²) < 4.78 is 14.9. The van der Waals surface area contributed by atoms with Crippen LogP contribution in [0.2, 0.25) is 0 Å². The van der Waals surface area contributed by atoms with E-state index in [2.05, 4.69) is 5.10 Å². The summed E-state index contributed by atoms with van der Waals surface area (Å²) in [6.07, 6.45) is 5.34. The first kappa shape index (κ1) is 10.5. The zero-order valence-electron chi connectivity index (χ0n) is 9.65. The SMILES string of the molecule is Cn1cc(C2(N)CCc3cc(F)ccc32)cn1. The molecule has 0 bridgehead atoms. The van der Waals surface area contributed by atoms with Crippen LogP contribution in [0.1, 0.15) is 23.1 Å². The molecule has 0 saturated carbocycles. The lowest BCUT2D eigenvalue weighted by molar-refractivity contribution is 0.534. The van der Waals surface area contributed by atoms with Gasteiger partial charge < -0.3 is 5.73 Å². The van der Waals surface area contributed by atoms with Crippen LogP contribution < -0.4 is 5.73 Å². The average Bonchev–Trinajstić information content (AvgIpc) is 2.85. The van der Waals surface area contributed by atoms with Crippen LogP contribution in [0.3, 0.4) is 0 Å². The van der Waals surface area contributed by atoms with Gasteiger partial charge in [-0.05, 0) is 36.1 Å². The number of halogens is 1. The number of aryl methyl sites for hydroxylation is 2. The lowest BCUT2D eigenvalue weighted by Gasteiger charge is -2.24. The van der Waals surface area contributed by atoms with Crippen LogP contribution in [0.4, 0.5) is 4.39 Å². The first-order valence-electron chi connectivity index (χ1n) is 5.66. The van der Waals surface area contributed by atoms with Crippen LogP contribution in [0, 0.1) is 5.82 Å². The number of rotatable bonds is 1. The van der Waals surface area contributed by atoms with Gasteiger partial charge in [-0.3, -0.25) is 4.68 Å². The molecule has 4 heteroatoms. The fourth-order valence-electron chi connectivity index (χ4n) is 2.62. The van der Waals surface area contributed by atoms with Gasteiger partial charge in [0.25, 0.3) is 0 Å². The molecule has 1 unspecified atom stereocenters. The molecule has 0 saturated heterocycles. The number of benzene rings is 1. The standard InChI is InChI=1S/C13H14FN3/c1-17-8-10(7-16-17)13(15)5-4-9-6-11(14)2-3-12(9)13/h2-3,6-8H,4-5,15H2,1H3. The second kappa shape index (κ2) is 3.40. The van der Waals surface area contributed by atoms with Crippen LogP contribution in [0.25, 0.3) is 0 Å². The van der Waals surface area contributed by atoms with E-state index < -0.39 is 5.54 Å². The minimum atomic E-state index is -0.517. The lowest BCUT2D eigenvalue weighted by Crippen LogP contribution is -2.35. The van der Waals surface area contributed by atoms with Gasteiger partial charge in [0.1, 0.15) is 5.82 Å². The maximum atomic E-state index is 13.2. The van der Waals surface area contributed by atoms with Gasteiger partial charge in [0.05, 0.1) is 11.7 Å². The van der Waals surface area contributed by atoms with Gasteiger partial charge >= 0.3 is 0 Å². The monoisotopic (exact) mass is 231 g/mol. The number of nitrogens with zero attached hydrogens (tertiary/aromatic N) is 2. The molecule has 0 radical (unpaired) electrons. The van der Waals surface area contributed by atoms with Crippen LogP contribution in [0.15, 0.2) is 30.6 Å². The number of nitrogens with two attached hydrogens (primary N) is 1. The highest BCUT2D eigenvalue weighted by atomic mass is 19.1. The van der Waals surface area contributed by atoms with E-state index in [1.807, 2.05) is 13.2 Å². The van der Waals surface area contributed by atoms with E-state index >= 15 is 0 Å². The molecule has 1 aliphatic carbocycles. The Hall–Kier alpha value is -1.68. The van der Waals surface area contributed by atoms with Crippen molar-refractivity contribution in [1.82, 2.24) is 9.78 Å². The lowest BCUT2D eigenvalue weighted by atomic mass is 9.87. The third kappa shape index (κ3) is 1.48. The van der Waals surface area contributed by atoms with Crippen LogP contribution in [0.5, 0.6) is 0 Å². The first-order chi connectivity index (χ1) is 8.09. The van der Waals surface area contributed by atoms with Crippen molar-refractivity contribution < 1.29 is 4.39 Å². The molecule has 17 heavy (non-hydrogen) atoms. The van der Waals surface area contributed by atoms with Crippen molar-refractivity contribution in [2.75, 3.05) is 0 Å². The van der Waals surface area contributed by atoms with Gasteiger partial charge in [-0.15, -0.1) is 0 Å². The molecule has 0 aliphatic heterocycles. The summed E-state index contributed by atoms with van der Waals surface area (Å²) in [5.41, 5.74) is 8.98. The van der Waals surface area contributed by atoms with Crippen molar-refractivity contribution in [3.05, 3.63) is 53.1 Å². The van der Waals surface area contributed by atoms with Crippen molar-refractivity contribution in [2.45, 2.75) is 18.4 Å². The van der Waals surface area contributed by atoms with Gasteiger partial charge in [-0.25, -0.2) is 4.39 Å². The Bertz CT molecular complexity index is 576. The quantitative estimate of drug-likeness (QED) is 0.812. The Labute approximate surface area is 99.1 Å². The Kier molecular flexibility index (Phi) is 2.10. The van der Waals surface area contributed by atoms with E-state index in [0.717, 1.165) is 29.5 Å². The topological polar surface area (TPSA) is 43.8 Å². The second-order valence-electron chi connectivity index (χ2n) is 4.68. The zero-order valence-corrected chi connectivity index (χ0v) is 9.65. The van der Waals surface area contributed by atoms with E-state index in [1.165, 1.54) is 6.07 Å². The molecule has 1 aliphatic rings. The third-order valence-corrected chi connectivity index (χ3v) is 3.56. The summed E-state index contributed by atoms with van der Waals surface area (Å²) in [6, 6.07) is 4.85. The molecule has 2 N–H and O–H groups in total. The molecule has 1 atom stereocenters. The van der Waals surface area contributed by atoms with E-state index in [-0.39, 0.29) is 5.82 Å². The maximum absolute atomic E-state index is 13.2. The Morgan fingerprint density at radius 1 is 1.47 bits per heavy atom. The molecule has 88 valence electrons. The number of aromatic nitrogens is 2. The summed E-state index contributed by atoms with van der Waals surface area (Å²) in [6.45, 7) is 0. The normalized spacial score (nSPS) is 22.8. The summed E-state index contributed by atoms with van der Waals surface area (Å²) in [7, 11) is 1.87. The first-order valence-corrected chi connectivity index (χ1v) is 5.66. The summed E-state index contributed by atoms with van der Waals surface area (Å²) >= 11 is 0. The van der Waals surface area contributed by atoms with Gasteiger partial charge in [-0.2, -0.15) is 5.10 Å². The molecule has 3 nitrogen and oxygen atoms in total. The van der Waals surface area contributed by atoms with E-state index in [4.69, 9.17) is 5.73 Å². The highest BCUT2D eigenvalue weighted by Gasteiger charge is 2.37. The summed E-state index contributed by atoms with van der Waals surface area (Å²) in [5, 5.41) is 4.16. The third-order valence-electron chi connectivity index (χ3n) is 3.56. The molecule has 3 rings (SSSR count). The Morgan fingerprint density at radius 2 is 2.29 bits per heavy atom. The molecule has 1 aromatic carbocycles. The van der Waals surface area contributed by atoms with E-state index in [0.29, 0.717) is 0 Å². The summed E-state index contributed by atoms with van der Waals surface area (Å²) in [4.78, 5) is 0. The summed E-state index contributed by atoms with van der Waals surface area (Å²) in [5.74, 6) is -0.195. The smallest absolute Gasteiger partial charge is 0.123 e. The average molecular weight is 231 g/mol. The molecular formula is C13H14FN3. The Balaban J connectivity index is 2.13. The fraction of sp³-hybridized carbons (Fsp3) is 0.308. The number of hydrogen-bond acceptors (Lipinski definition) is 2. The van der Waals surface area contributed by atoms with Crippen LogP contribution >= 0.6 is 0 Å². The van der Waals surface area contributed by atoms with Gasteiger partial charge in [0.2, 0.25) is 0 Å². The van der Waals surface area contributed by atoms with Crippen molar-refractivity contribution >= 4 is 0 Å². The second-order valence-corrected chi connectivity index (χ2v) is 4.68. The van der Waals surface area contributed by atoms with E-state index in [1.54, 1.807) is 23.0 Å². The largest absolute Gasteiger partial charge is 0.318 e. The van der Waals surface area contributed by atoms with Crippen molar-refractivity contribution in [3.8, 4) is 0 Å². The minimum absolute atomic E-state index is 0.195. The van der Waals surface area contributed by atoms with Gasteiger partial charge in [0.15, 0.2) is 0 Å². The number of hydrogen-bond donors (Lipinski definition) is 1. The van der Waals surface area contributed by atoms with Gasteiger partial charge in [0, 0.05) is 18.8 Å². The highest BCUT2D eigenvalue weighted by molar-refractivity contribution is 5.45. The highest BCUT2D eigenvalue weighted by Crippen LogP contribution is 2.39. The Morgan fingerprint density at radius 3 is 3.00 bits per heavy atom. The van der Waals surface area contributed by atoms with Crippen LogP contribution in [-0.2, 0) is 19.0 Å². The molecule has 0 spiro atoms. The molecule has 2 aromatic rings. The van der Waals surface area contributed by atoms with Crippen LogP contribution in [-0.4, -0.2) is 9.78 Å². The molecule has 1 aromatic heterocycles. The van der Waals surface area contributed by atoms with Crippen molar-refractivity contribution in [2.24, 2.45) is 12.8 Å². The predicted molar refractivity (Wildman–Crippen MR) is 62.9 cm³/mol. The molecule has 0 amide bonds. The zero-order chi connectivity index (χ0) is 12.0. The molecule has 1 heterocycles. The maximum Gasteiger partial charge on any atom is 0.123 e. The van der Waals surface area contributed by atoms with Crippen molar-refractivity contribution in [1.29, 1.82) is 0 Å². The predicted octanol–water partition coefficient (Wildman–Crippen LogP) is 1.71. The van der Waals surface area contributed by atoms with Gasteiger partial charge in [-0.1, -0.05) is 6.07 Å². The minimum Gasteiger partial charge on any atom is -0.318 e. The van der Waals surface area contributed by atoms with E-state index in [9.17, 15) is 4.39 Å².